The summed E-state index contributed by atoms with van der Waals surface area (Å²) < 4.78 is 14.1. The second-order valence-corrected chi connectivity index (χ2v) is 4.80. The monoisotopic (exact) mass is 336 g/mol. The van der Waals surface area contributed by atoms with Gasteiger partial charge in [-0.3, -0.25) is 4.79 Å². The summed E-state index contributed by atoms with van der Waals surface area (Å²) in [7, 11) is 0. The summed E-state index contributed by atoms with van der Waals surface area (Å²) >= 11 is 3.25. The van der Waals surface area contributed by atoms with Crippen LogP contribution in [0.25, 0.3) is 0 Å². The van der Waals surface area contributed by atoms with Gasteiger partial charge in [0.2, 0.25) is 0 Å². The molecule has 0 aliphatic rings. The number of carbonyl (C=O) groups excluding carboxylic acids is 1. The van der Waals surface area contributed by atoms with E-state index in [1.807, 2.05) is 0 Å². The minimum atomic E-state index is -0.658. The molecule has 2 N–H and O–H groups in total. The number of aromatic hydroxyl groups is 1. The lowest BCUT2D eigenvalue weighted by Gasteiger charge is -2.02. The Morgan fingerprint density at radius 1 is 1.30 bits per heavy atom. The third-order valence-electron chi connectivity index (χ3n) is 2.48. The van der Waals surface area contributed by atoms with Crippen LogP contribution in [0.1, 0.15) is 15.9 Å². The minimum absolute atomic E-state index is 0.0251. The van der Waals surface area contributed by atoms with Gasteiger partial charge < -0.3 is 5.11 Å². The highest BCUT2D eigenvalue weighted by Crippen LogP contribution is 2.19. The van der Waals surface area contributed by atoms with Crippen LogP contribution in [0.3, 0.4) is 0 Å². The molecule has 0 saturated carbocycles. The van der Waals surface area contributed by atoms with Crippen LogP contribution in [0.4, 0.5) is 4.39 Å². The molecule has 0 heterocycles. The average Bonchev–Trinajstić information content (AvgIpc) is 2.43. The lowest BCUT2D eigenvalue weighted by molar-refractivity contribution is 0.0951. The molecule has 0 saturated heterocycles. The maximum atomic E-state index is 13.3. The van der Waals surface area contributed by atoms with Crippen molar-refractivity contribution in [3.8, 4) is 5.75 Å². The summed E-state index contributed by atoms with van der Waals surface area (Å²) in [6, 6.07) is 10.4. The van der Waals surface area contributed by atoms with Crippen molar-refractivity contribution in [2.45, 2.75) is 0 Å². The van der Waals surface area contributed by atoms with E-state index in [9.17, 15) is 14.3 Å². The van der Waals surface area contributed by atoms with Crippen molar-refractivity contribution in [2.24, 2.45) is 5.10 Å². The normalized spacial score (nSPS) is 10.7. The number of hydrazone groups is 1. The van der Waals surface area contributed by atoms with E-state index in [0.29, 0.717) is 5.56 Å². The molecule has 0 aliphatic heterocycles. The first kappa shape index (κ1) is 14.2. The summed E-state index contributed by atoms with van der Waals surface area (Å²) in [5, 5.41) is 13.3. The fourth-order valence-electron chi connectivity index (χ4n) is 1.49. The minimum Gasteiger partial charge on any atom is -0.507 e. The van der Waals surface area contributed by atoms with Gasteiger partial charge in [0.1, 0.15) is 11.6 Å². The van der Waals surface area contributed by atoms with Gasteiger partial charge in [0, 0.05) is 10.0 Å². The fourth-order valence-corrected chi connectivity index (χ4v) is 1.87. The quantitative estimate of drug-likeness (QED) is 0.668. The van der Waals surface area contributed by atoms with Gasteiger partial charge in [-0.05, 0) is 30.3 Å². The Morgan fingerprint density at radius 2 is 2.05 bits per heavy atom. The molecule has 6 heteroatoms. The Kier molecular flexibility index (Phi) is 4.47. The number of phenolic OH excluding ortho intramolecular Hbond substituents is 1. The van der Waals surface area contributed by atoms with Gasteiger partial charge in [0.15, 0.2) is 0 Å². The maximum Gasteiger partial charge on any atom is 0.274 e. The van der Waals surface area contributed by atoms with Crippen molar-refractivity contribution in [3.63, 3.8) is 0 Å². The van der Waals surface area contributed by atoms with Crippen LogP contribution < -0.4 is 5.43 Å². The number of rotatable bonds is 3. The predicted molar refractivity (Wildman–Crippen MR) is 77.3 cm³/mol. The molecule has 4 nitrogen and oxygen atoms in total. The topological polar surface area (TPSA) is 61.7 Å². The first-order chi connectivity index (χ1) is 9.58. The summed E-state index contributed by atoms with van der Waals surface area (Å²) in [5.41, 5.74) is 2.53. The van der Waals surface area contributed by atoms with E-state index in [1.165, 1.54) is 30.5 Å². The van der Waals surface area contributed by atoms with Crippen molar-refractivity contribution < 1.29 is 14.3 Å². The van der Waals surface area contributed by atoms with E-state index in [-0.39, 0.29) is 11.3 Å². The summed E-state index contributed by atoms with van der Waals surface area (Å²) in [6.45, 7) is 0. The molecule has 0 spiro atoms. The molecule has 0 aliphatic carbocycles. The molecule has 2 aromatic carbocycles. The van der Waals surface area contributed by atoms with E-state index in [1.54, 1.807) is 18.2 Å². The number of hydrogen-bond donors (Lipinski definition) is 2. The zero-order chi connectivity index (χ0) is 14.5. The zero-order valence-corrected chi connectivity index (χ0v) is 11.8. The van der Waals surface area contributed by atoms with Gasteiger partial charge >= 0.3 is 0 Å². The molecule has 0 bridgehead atoms. The van der Waals surface area contributed by atoms with Crippen molar-refractivity contribution in [2.75, 3.05) is 0 Å². The van der Waals surface area contributed by atoms with E-state index in [2.05, 4.69) is 26.5 Å². The number of phenols is 1. The SMILES string of the molecule is O=C(NN=Cc1cc(Br)ccc1O)c1ccccc1F. The van der Waals surface area contributed by atoms with Gasteiger partial charge in [-0.15, -0.1) is 0 Å². The molecule has 2 rings (SSSR count). The second-order valence-electron chi connectivity index (χ2n) is 3.88. The highest BCUT2D eigenvalue weighted by Gasteiger charge is 2.09. The summed E-state index contributed by atoms with van der Waals surface area (Å²) in [4.78, 5) is 11.7. The van der Waals surface area contributed by atoms with Crippen LogP contribution in [0.2, 0.25) is 0 Å². The van der Waals surface area contributed by atoms with Crippen LogP contribution in [-0.4, -0.2) is 17.2 Å². The molecule has 102 valence electrons. The number of nitrogens with one attached hydrogen (secondary N) is 1. The second kappa shape index (κ2) is 6.29. The van der Waals surface area contributed by atoms with Gasteiger partial charge in [-0.25, -0.2) is 9.82 Å². The molecule has 20 heavy (non-hydrogen) atoms. The number of halogens is 2. The molecule has 0 atom stereocenters. The first-order valence-electron chi connectivity index (χ1n) is 5.64. The Morgan fingerprint density at radius 3 is 2.80 bits per heavy atom. The third-order valence-corrected chi connectivity index (χ3v) is 2.97. The lowest BCUT2D eigenvalue weighted by Crippen LogP contribution is -2.18. The Labute approximate surface area is 123 Å². The number of hydrogen-bond acceptors (Lipinski definition) is 3. The molecule has 0 fully saturated rings. The van der Waals surface area contributed by atoms with E-state index in [4.69, 9.17) is 0 Å². The molecular formula is C14H10BrFN2O2. The largest absolute Gasteiger partial charge is 0.507 e. The van der Waals surface area contributed by atoms with Crippen molar-refractivity contribution in [3.05, 3.63) is 63.9 Å². The summed E-state index contributed by atoms with van der Waals surface area (Å²) in [6.07, 6.45) is 1.28. The van der Waals surface area contributed by atoms with Crippen LogP contribution in [0.15, 0.2) is 52.0 Å². The number of benzene rings is 2. The van der Waals surface area contributed by atoms with E-state index >= 15 is 0 Å². The smallest absolute Gasteiger partial charge is 0.274 e. The van der Waals surface area contributed by atoms with Gasteiger partial charge in [-0.1, -0.05) is 28.1 Å². The van der Waals surface area contributed by atoms with Gasteiger partial charge in [0.05, 0.1) is 11.8 Å². The van der Waals surface area contributed by atoms with Gasteiger partial charge in [0.25, 0.3) is 5.91 Å². The van der Waals surface area contributed by atoms with Crippen LogP contribution in [0, 0.1) is 5.82 Å². The Balaban J connectivity index is 2.09. The number of amides is 1. The zero-order valence-electron chi connectivity index (χ0n) is 10.2. The molecule has 2 aromatic rings. The molecular weight excluding hydrogens is 327 g/mol. The van der Waals surface area contributed by atoms with Crippen LogP contribution in [0.5, 0.6) is 5.75 Å². The van der Waals surface area contributed by atoms with Crippen molar-refractivity contribution >= 4 is 28.1 Å². The highest BCUT2D eigenvalue weighted by molar-refractivity contribution is 9.10. The lowest BCUT2D eigenvalue weighted by atomic mass is 10.2. The highest BCUT2D eigenvalue weighted by atomic mass is 79.9. The molecule has 0 unspecified atom stereocenters. The fraction of sp³-hybridized carbons (Fsp3) is 0. The number of carbonyl (C=O) groups is 1. The van der Waals surface area contributed by atoms with E-state index in [0.717, 1.165) is 4.47 Å². The Hall–Kier alpha value is -2.21. The standard InChI is InChI=1S/C14H10BrFN2O2/c15-10-5-6-13(19)9(7-10)8-17-18-14(20)11-3-1-2-4-12(11)16/h1-8,19H,(H,18,20). The first-order valence-corrected chi connectivity index (χ1v) is 6.43. The average molecular weight is 337 g/mol. The van der Waals surface area contributed by atoms with Gasteiger partial charge in [-0.2, -0.15) is 5.10 Å². The molecule has 0 aromatic heterocycles. The Bertz CT molecular complexity index is 674. The van der Waals surface area contributed by atoms with Crippen molar-refractivity contribution in [1.82, 2.24) is 5.43 Å². The predicted octanol–water partition coefficient (Wildman–Crippen LogP) is 3.06. The maximum absolute atomic E-state index is 13.3. The van der Waals surface area contributed by atoms with E-state index < -0.39 is 11.7 Å². The van der Waals surface area contributed by atoms with Crippen LogP contribution in [-0.2, 0) is 0 Å². The number of nitrogens with zero attached hydrogens (tertiary/aromatic N) is 1. The van der Waals surface area contributed by atoms with Crippen molar-refractivity contribution in [1.29, 1.82) is 0 Å². The third kappa shape index (κ3) is 3.42. The van der Waals surface area contributed by atoms with Crippen LogP contribution >= 0.6 is 15.9 Å². The molecule has 0 radical (unpaired) electrons. The molecule has 1 amide bonds. The summed E-state index contributed by atoms with van der Waals surface area (Å²) in [5.74, 6) is -1.25.